The van der Waals surface area contributed by atoms with Gasteiger partial charge in [0, 0.05) is 18.1 Å². The molecule has 1 amide bonds. The Hall–Kier alpha value is -1.27. The van der Waals surface area contributed by atoms with Gasteiger partial charge in [-0.3, -0.25) is 4.79 Å². The van der Waals surface area contributed by atoms with Crippen LogP contribution in [0.3, 0.4) is 0 Å². The molecule has 1 aromatic heterocycles. The first-order valence-corrected chi connectivity index (χ1v) is 7.88. The Morgan fingerprint density at radius 1 is 1.45 bits per heavy atom. The maximum atomic E-state index is 12.5. The Balaban J connectivity index is 2.14. The first-order valence-electron chi connectivity index (χ1n) is 6.31. The highest BCUT2D eigenvalue weighted by Gasteiger charge is 2.21. The third-order valence-corrected chi connectivity index (χ3v) is 4.13. The molecule has 0 spiro atoms. The summed E-state index contributed by atoms with van der Waals surface area (Å²) in [5, 5.41) is 4.05. The third-order valence-electron chi connectivity index (χ3n) is 2.91. The van der Waals surface area contributed by atoms with Crippen LogP contribution in [0.2, 0.25) is 0 Å². The predicted molar refractivity (Wildman–Crippen MR) is 83.9 cm³/mol. The quantitative estimate of drug-likeness (QED) is 0.841. The summed E-state index contributed by atoms with van der Waals surface area (Å²) in [6.07, 6.45) is 0. The summed E-state index contributed by atoms with van der Waals surface area (Å²) < 4.78 is 4.92. The van der Waals surface area contributed by atoms with Crippen LogP contribution in [-0.2, 0) is 6.54 Å². The number of hydrogen-bond donors (Lipinski definition) is 0. The number of nitrogens with zero attached hydrogens (tertiary/aromatic N) is 3. The summed E-state index contributed by atoms with van der Waals surface area (Å²) in [5.41, 5.74) is 1.86. The molecule has 2 rings (SSSR count). The van der Waals surface area contributed by atoms with Crippen molar-refractivity contribution in [1.29, 1.82) is 0 Å². The van der Waals surface area contributed by atoms with E-state index in [1.807, 2.05) is 38.1 Å². The number of carbonyl (C=O) groups is 1. The van der Waals surface area contributed by atoms with Gasteiger partial charge in [0.2, 0.25) is 0 Å². The fraction of sp³-hybridized carbons (Fsp3) is 0.357. The van der Waals surface area contributed by atoms with Gasteiger partial charge in [-0.05, 0) is 35.1 Å². The van der Waals surface area contributed by atoms with Gasteiger partial charge in [-0.1, -0.05) is 46.4 Å². The molecule has 1 heterocycles. The highest BCUT2D eigenvalue weighted by molar-refractivity contribution is 9.10. The predicted octanol–water partition coefficient (Wildman–Crippen LogP) is 3.70. The fourth-order valence-electron chi connectivity index (χ4n) is 1.88. The van der Waals surface area contributed by atoms with Crippen molar-refractivity contribution in [1.82, 2.24) is 14.5 Å². The summed E-state index contributed by atoms with van der Waals surface area (Å²) in [6.45, 7) is 4.59. The lowest BCUT2D eigenvalue weighted by Crippen LogP contribution is -2.26. The summed E-state index contributed by atoms with van der Waals surface area (Å²) >= 11 is 4.60. The standard InChI is InChI=1S/C14H16BrN3OS/c1-9(2)12-13(20-17-16-12)14(19)18(3)8-10-5-4-6-11(15)7-10/h4-7,9H,8H2,1-3H3. The monoisotopic (exact) mass is 353 g/mol. The summed E-state index contributed by atoms with van der Waals surface area (Å²) in [5.74, 6) is 0.177. The van der Waals surface area contributed by atoms with E-state index in [9.17, 15) is 4.79 Å². The van der Waals surface area contributed by atoms with E-state index in [0.717, 1.165) is 15.7 Å². The van der Waals surface area contributed by atoms with Crippen LogP contribution in [0.5, 0.6) is 0 Å². The third kappa shape index (κ3) is 3.43. The van der Waals surface area contributed by atoms with Gasteiger partial charge in [0.05, 0.1) is 5.69 Å². The fourth-order valence-corrected chi connectivity index (χ4v) is 3.14. The van der Waals surface area contributed by atoms with Crippen LogP contribution in [0.15, 0.2) is 28.7 Å². The molecule has 0 saturated carbocycles. The second-order valence-electron chi connectivity index (χ2n) is 4.93. The zero-order chi connectivity index (χ0) is 14.7. The van der Waals surface area contributed by atoms with E-state index < -0.39 is 0 Å². The van der Waals surface area contributed by atoms with Gasteiger partial charge < -0.3 is 4.90 Å². The molecule has 0 atom stereocenters. The van der Waals surface area contributed by atoms with Crippen molar-refractivity contribution in [3.8, 4) is 0 Å². The molecule has 0 fully saturated rings. The molecule has 4 nitrogen and oxygen atoms in total. The number of aromatic nitrogens is 2. The van der Waals surface area contributed by atoms with Crippen LogP contribution in [0.25, 0.3) is 0 Å². The molecule has 0 aliphatic rings. The Bertz CT molecular complexity index is 612. The molecule has 0 N–H and O–H groups in total. The van der Waals surface area contributed by atoms with E-state index in [1.54, 1.807) is 11.9 Å². The first kappa shape index (κ1) is 15.1. The molecule has 1 aromatic carbocycles. The van der Waals surface area contributed by atoms with Crippen LogP contribution >= 0.6 is 27.5 Å². The number of benzene rings is 1. The van der Waals surface area contributed by atoms with E-state index in [-0.39, 0.29) is 11.8 Å². The van der Waals surface area contributed by atoms with Gasteiger partial charge in [-0.25, -0.2) is 0 Å². The van der Waals surface area contributed by atoms with E-state index in [4.69, 9.17) is 0 Å². The highest BCUT2D eigenvalue weighted by Crippen LogP contribution is 2.22. The SMILES string of the molecule is CC(C)c1nnsc1C(=O)N(C)Cc1cccc(Br)c1. The number of hydrogen-bond acceptors (Lipinski definition) is 4. The summed E-state index contributed by atoms with van der Waals surface area (Å²) in [6, 6.07) is 7.95. The molecule has 0 aliphatic carbocycles. The maximum Gasteiger partial charge on any atom is 0.267 e. The largest absolute Gasteiger partial charge is 0.337 e. The van der Waals surface area contributed by atoms with Gasteiger partial charge in [-0.15, -0.1) is 5.10 Å². The minimum Gasteiger partial charge on any atom is -0.337 e. The topological polar surface area (TPSA) is 46.1 Å². The maximum absolute atomic E-state index is 12.5. The average Bonchev–Trinajstić information content (AvgIpc) is 2.87. The van der Waals surface area contributed by atoms with Crippen molar-refractivity contribution in [2.75, 3.05) is 7.05 Å². The molecule has 0 radical (unpaired) electrons. The Morgan fingerprint density at radius 3 is 2.85 bits per heavy atom. The highest BCUT2D eigenvalue weighted by atomic mass is 79.9. The lowest BCUT2D eigenvalue weighted by atomic mass is 10.1. The molecule has 0 unspecified atom stereocenters. The second-order valence-corrected chi connectivity index (χ2v) is 6.60. The zero-order valence-corrected chi connectivity index (χ0v) is 14.0. The molecule has 6 heteroatoms. The normalized spacial score (nSPS) is 10.8. The molecule has 0 saturated heterocycles. The Morgan fingerprint density at radius 2 is 2.20 bits per heavy atom. The van der Waals surface area contributed by atoms with Crippen LogP contribution < -0.4 is 0 Å². The average molecular weight is 354 g/mol. The second kappa shape index (κ2) is 6.45. The lowest BCUT2D eigenvalue weighted by Gasteiger charge is -2.17. The van der Waals surface area contributed by atoms with E-state index in [1.165, 1.54) is 11.5 Å². The van der Waals surface area contributed by atoms with Crippen molar-refractivity contribution in [2.45, 2.75) is 26.3 Å². The number of carbonyl (C=O) groups excluding carboxylic acids is 1. The molecule has 20 heavy (non-hydrogen) atoms. The van der Waals surface area contributed by atoms with Crippen molar-refractivity contribution < 1.29 is 4.79 Å². The minimum atomic E-state index is -0.0244. The van der Waals surface area contributed by atoms with Crippen molar-refractivity contribution >= 4 is 33.4 Å². The smallest absolute Gasteiger partial charge is 0.267 e. The molecule has 106 valence electrons. The molecule has 0 aliphatic heterocycles. The van der Waals surface area contributed by atoms with Crippen LogP contribution in [-0.4, -0.2) is 27.4 Å². The molecular weight excluding hydrogens is 338 g/mol. The van der Waals surface area contributed by atoms with Gasteiger partial charge >= 0.3 is 0 Å². The number of amides is 1. The Kier molecular flexibility index (Phi) is 4.88. The minimum absolute atomic E-state index is 0.0244. The van der Waals surface area contributed by atoms with Crippen molar-refractivity contribution in [2.24, 2.45) is 0 Å². The van der Waals surface area contributed by atoms with E-state index >= 15 is 0 Å². The zero-order valence-electron chi connectivity index (χ0n) is 11.6. The van der Waals surface area contributed by atoms with Gasteiger partial charge in [0.1, 0.15) is 4.88 Å². The van der Waals surface area contributed by atoms with E-state index in [0.29, 0.717) is 11.4 Å². The van der Waals surface area contributed by atoms with Crippen LogP contribution in [0.4, 0.5) is 0 Å². The van der Waals surface area contributed by atoms with Crippen molar-refractivity contribution in [3.05, 3.63) is 44.9 Å². The van der Waals surface area contributed by atoms with Crippen molar-refractivity contribution in [3.63, 3.8) is 0 Å². The Labute approximate surface area is 131 Å². The number of rotatable bonds is 4. The van der Waals surface area contributed by atoms with Gasteiger partial charge in [0.25, 0.3) is 5.91 Å². The summed E-state index contributed by atoms with van der Waals surface area (Å²) in [7, 11) is 1.80. The molecule has 2 aromatic rings. The van der Waals surface area contributed by atoms with Gasteiger partial charge in [0.15, 0.2) is 0 Å². The van der Waals surface area contributed by atoms with Crippen LogP contribution in [0, 0.1) is 0 Å². The first-order chi connectivity index (χ1) is 9.49. The van der Waals surface area contributed by atoms with E-state index in [2.05, 4.69) is 25.5 Å². The lowest BCUT2D eigenvalue weighted by molar-refractivity contribution is 0.0788. The number of halogens is 1. The molecular formula is C14H16BrN3OS. The summed E-state index contributed by atoms with van der Waals surface area (Å²) in [4.78, 5) is 14.8. The van der Waals surface area contributed by atoms with Crippen LogP contribution in [0.1, 0.15) is 40.7 Å². The molecule has 0 bridgehead atoms. The van der Waals surface area contributed by atoms with Gasteiger partial charge in [-0.2, -0.15) is 0 Å².